The molecule has 0 saturated heterocycles. The molecule has 2 aromatic heterocycles. The smallest absolute Gasteiger partial charge is 0.343 e. The molecule has 0 aliphatic heterocycles. The summed E-state index contributed by atoms with van der Waals surface area (Å²) >= 11 is 12.0. The fraction of sp³-hybridized carbons (Fsp3) is 0.370. The first kappa shape index (κ1) is 28.8. The van der Waals surface area contributed by atoms with Gasteiger partial charge in [-0.3, -0.25) is 4.90 Å². The molecule has 0 bridgehead atoms. The maximum atomic E-state index is 11.3. The van der Waals surface area contributed by atoms with Crippen LogP contribution in [0.5, 0.6) is 5.75 Å². The monoisotopic (exact) mass is 547 g/mol. The van der Waals surface area contributed by atoms with Crippen LogP contribution in [0.4, 0.5) is 0 Å². The Labute approximate surface area is 226 Å². The molecule has 10 heteroatoms. The molecular weight excluding hydrogens is 517 g/mol. The maximum absolute atomic E-state index is 11.3. The van der Waals surface area contributed by atoms with Crippen LogP contribution in [-0.4, -0.2) is 63.9 Å². The summed E-state index contributed by atoms with van der Waals surface area (Å²) in [6.07, 6.45) is -0.279. The SMILES string of the molecule is COC(=O)COc1ccc(CC[C@@H](C)N(CC(O)c2cccc(Cl)n2)CC(O)c2cccc(Cl)n2)cc1. The molecular formula is C27H31Cl2N3O5. The number of hydrogen-bond donors (Lipinski definition) is 2. The minimum atomic E-state index is -0.896. The van der Waals surface area contributed by atoms with Crippen LogP contribution in [0.25, 0.3) is 0 Å². The van der Waals surface area contributed by atoms with E-state index in [9.17, 15) is 15.0 Å². The second-order valence-corrected chi connectivity index (χ2v) is 9.43. The van der Waals surface area contributed by atoms with E-state index in [0.717, 1.165) is 18.4 Å². The average Bonchev–Trinajstić information content (AvgIpc) is 2.90. The zero-order valence-electron chi connectivity index (χ0n) is 20.8. The normalized spacial score (nSPS) is 13.7. The molecule has 8 nitrogen and oxygen atoms in total. The molecule has 0 aliphatic carbocycles. The Bertz CT molecular complexity index is 1100. The Morgan fingerprint density at radius 3 is 1.95 bits per heavy atom. The van der Waals surface area contributed by atoms with Crippen LogP contribution in [0, 0.1) is 0 Å². The van der Waals surface area contributed by atoms with Gasteiger partial charge in [0.15, 0.2) is 6.61 Å². The first-order valence-corrected chi connectivity index (χ1v) is 12.6. The Balaban J connectivity index is 1.67. The van der Waals surface area contributed by atoms with Crippen molar-refractivity contribution in [1.29, 1.82) is 0 Å². The summed E-state index contributed by atoms with van der Waals surface area (Å²) in [7, 11) is 1.31. The molecule has 3 aromatic rings. The first-order chi connectivity index (χ1) is 17.7. The highest BCUT2D eigenvalue weighted by Gasteiger charge is 2.24. The number of nitrogens with zero attached hydrogens (tertiary/aromatic N) is 3. The van der Waals surface area contributed by atoms with Gasteiger partial charge < -0.3 is 19.7 Å². The van der Waals surface area contributed by atoms with Gasteiger partial charge in [0.05, 0.1) is 18.5 Å². The number of hydrogen-bond acceptors (Lipinski definition) is 8. The highest BCUT2D eigenvalue weighted by molar-refractivity contribution is 6.29. The summed E-state index contributed by atoms with van der Waals surface area (Å²) in [4.78, 5) is 21.7. The number of halogens is 2. The molecule has 37 heavy (non-hydrogen) atoms. The third-order valence-electron chi connectivity index (χ3n) is 5.95. The molecule has 1 aromatic carbocycles. The number of carbonyl (C=O) groups excluding carboxylic acids is 1. The predicted octanol–water partition coefficient (Wildman–Crippen LogP) is 4.43. The van der Waals surface area contributed by atoms with Crippen molar-refractivity contribution in [2.75, 3.05) is 26.8 Å². The lowest BCUT2D eigenvalue weighted by atomic mass is 10.0. The zero-order valence-corrected chi connectivity index (χ0v) is 22.3. The molecule has 2 heterocycles. The van der Waals surface area contributed by atoms with Gasteiger partial charge in [-0.2, -0.15) is 0 Å². The van der Waals surface area contributed by atoms with Crippen molar-refractivity contribution in [2.45, 2.75) is 38.0 Å². The van der Waals surface area contributed by atoms with Gasteiger partial charge in [-0.25, -0.2) is 14.8 Å². The standard InChI is InChI=1S/C27H31Cl2N3O5/c1-18(9-10-19-11-13-20(14-12-19)37-17-27(35)36-2)32(15-23(33)21-5-3-7-25(28)30-21)16-24(34)22-6-4-8-26(29)31-22/h3-8,11-14,18,23-24,33-34H,9-10,15-17H2,1-2H3/t18-,23?,24?/m1/s1. The number of benzene rings is 1. The number of rotatable bonds is 13. The molecule has 0 saturated carbocycles. The Morgan fingerprint density at radius 2 is 1.46 bits per heavy atom. The van der Waals surface area contributed by atoms with Crippen molar-refractivity contribution < 1.29 is 24.5 Å². The molecule has 0 spiro atoms. The molecule has 198 valence electrons. The van der Waals surface area contributed by atoms with Crippen LogP contribution in [-0.2, 0) is 16.0 Å². The van der Waals surface area contributed by atoms with Crippen LogP contribution >= 0.6 is 23.2 Å². The van der Waals surface area contributed by atoms with Crippen LogP contribution in [0.3, 0.4) is 0 Å². The van der Waals surface area contributed by atoms with E-state index in [1.54, 1.807) is 36.4 Å². The summed E-state index contributed by atoms with van der Waals surface area (Å²) < 4.78 is 9.98. The molecule has 3 atom stereocenters. The molecule has 2 unspecified atom stereocenters. The number of aromatic nitrogens is 2. The van der Waals surface area contributed by atoms with Crippen molar-refractivity contribution >= 4 is 29.2 Å². The quantitative estimate of drug-likeness (QED) is 0.239. The van der Waals surface area contributed by atoms with Gasteiger partial charge in [-0.15, -0.1) is 0 Å². The largest absolute Gasteiger partial charge is 0.482 e. The van der Waals surface area contributed by atoms with Crippen LogP contribution in [0.15, 0.2) is 60.7 Å². The van der Waals surface area contributed by atoms with E-state index in [2.05, 4.69) is 14.7 Å². The molecule has 0 radical (unpaired) electrons. The van der Waals surface area contributed by atoms with Gasteiger partial charge in [0, 0.05) is 19.1 Å². The average molecular weight is 548 g/mol. The fourth-order valence-corrected chi connectivity index (χ4v) is 4.14. The molecule has 0 amide bonds. The van der Waals surface area contributed by atoms with E-state index in [-0.39, 0.29) is 25.7 Å². The van der Waals surface area contributed by atoms with Crippen molar-refractivity contribution in [1.82, 2.24) is 14.9 Å². The van der Waals surface area contributed by atoms with Crippen molar-refractivity contribution in [3.8, 4) is 5.75 Å². The summed E-state index contributed by atoms with van der Waals surface area (Å²) in [5.74, 6) is 0.140. The molecule has 2 N–H and O–H groups in total. The van der Waals surface area contributed by atoms with Crippen molar-refractivity contribution in [2.24, 2.45) is 0 Å². The second kappa shape index (κ2) is 14.3. The topological polar surface area (TPSA) is 105 Å². The highest BCUT2D eigenvalue weighted by atomic mass is 35.5. The minimum Gasteiger partial charge on any atom is -0.482 e. The summed E-state index contributed by atoms with van der Waals surface area (Å²) in [6.45, 7) is 2.39. The van der Waals surface area contributed by atoms with Gasteiger partial charge in [0.25, 0.3) is 0 Å². The Hall–Kier alpha value is -2.75. The maximum Gasteiger partial charge on any atom is 0.343 e. The molecule has 0 fully saturated rings. The lowest BCUT2D eigenvalue weighted by molar-refractivity contribution is -0.142. The number of esters is 1. The predicted molar refractivity (Wildman–Crippen MR) is 142 cm³/mol. The summed E-state index contributed by atoms with van der Waals surface area (Å²) in [5, 5.41) is 22.4. The van der Waals surface area contributed by atoms with Gasteiger partial charge >= 0.3 is 5.97 Å². The number of aliphatic hydroxyl groups is 2. The third kappa shape index (κ3) is 9.25. The van der Waals surface area contributed by atoms with E-state index in [1.165, 1.54) is 7.11 Å². The van der Waals surface area contributed by atoms with Crippen LogP contribution in [0.2, 0.25) is 10.3 Å². The van der Waals surface area contributed by atoms with Gasteiger partial charge in [0.1, 0.15) is 28.3 Å². The van der Waals surface area contributed by atoms with Gasteiger partial charge in [-0.05, 0) is 61.7 Å². The number of pyridine rings is 2. The van der Waals surface area contributed by atoms with E-state index < -0.39 is 18.2 Å². The van der Waals surface area contributed by atoms with Gasteiger partial charge in [0.2, 0.25) is 0 Å². The third-order valence-corrected chi connectivity index (χ3v) is 6.37. The lowest BCUT2D eigenvalue weighted by Gasteiger charge is -2.32. The number of aryl methyl sites for hydroxylation is 1. The summed E-state index contributed by atoms with van der Waals surface area (Å²) in [5.41, 5.74) is 2.01. The minimum absolute atomic E-state index is 0.00193. The van der Waals surface area contributed by atoms with Crippen LogP contribution in [0.1, 0.15) is 42.5 Å². The Morgan fingerprint density at radius 1 is 0.919 bits per heavy atom. The molecule has 3 rings (SSSR count). The second-order valence-electron chi connectivity index (χ2n) is 8.65. The van der Waals surface area contributed by atoms with Crippen molar-refractivity contribution in [3.63, 3.8) is 0 Å². The van der Waals surface area contributed by atoms with E-state index in [4.69, 9.17) is 27.9 Å². The lowest BCUT2D eigenvalue weighted by Crippen LogP contribution is -2.40. The highest BCUT2D eigenvalue weighted by Crippen LogP contribution is 2.22. The van der Waals surface area contributed by atoms with Crippen LogP contribution < -0.4 is 4.74 Å². The first-order valence-electron chi connectivity index (χ1n) is 11.9. The number of methoxy groups -OCH3 is 1. The number of carbonyl (C=O) groups is 1. The van der Waals surface area contributed by atoms with E-state index in [0.29, 0.717) is 27.4 Å². The van der Waals surface area contributed by atoms with Gasteiger partial charge in [-0.1, -0.05) is 47.5 Å². The number of aliphatic hydroxyl groups excluding tert-OH is 2. The summed E-state index contributed by atoms with van der Waals surface area (Å²) in [6, 6.07) is 17.7. The fourth-order valence-electron chi connectivity index (χ4n) is 3.80. The number of ether oxygens (including phenoxy) is 2. The Kier molecular flexibility index (Phi) is 11.1. The van der Waals surface area contributed by atoms with Crippen molar-refractivity contribution in [3.05, 3.63) is 87.9 Å². The van der Waals surface area contributed by atoms with E-state index >= 15 is 0 Å². The van der Waals surface area contributed by atoms with E-state index in [1.807, 2.05) is 36.1 Å². The zero-order chi connectivity index (χ0) is 26.8. The molecule has 0 aliphatic rings.